The molecule has 0 fully saturated rings. The lowest BCUT2D eigenvalue weighted by Crippen LogP contribution is -2.30. The van der Waals surface area contributed by atoms with Crippen molar-refractivity contribution in [3.8, 4) is 0 Å². The van der Waals surface area contributed by atoms with Crippen molar-refractivity contribution in [2.75, 3.05) is 11.4 Å². The lowest BCUT2D eigenvalue weighted by atomic mass is 10.1. The minimum Gasteiger partial charge on any atom is -0.298 e. The topological polar surface area (TPSA) is 37.4 Å². The first-order chi connectivity index (χ1) is 8.47. The van der Waals surface area contributed by atoms with Gasteiger partial charge >= 0.3 is 0 Å². The number of hydrogen-bond donors (Lipinski definition) is 0. The Morgan fingerprint density at radius 1 is 1.22 bits per heavy atom. The third-order valence-corrected chi connectivity index (χ3v) is 3.67. The van der Waals surface area contributed by atoms with Crippen LogP contribution in [-0.4, -0.2) is 18.2 Å². The maximum atomic E-state index is 11.8. The molecule has 1 amide bonds. The van der Waals surface area contributed by atoms with E-state index in [0.29, 0.717) is 0 Å². The highest BCUT2D eigenvalue weighted by Crippen LogP contribution is 2.40. The van der Waals surface area contributed by atoms with Gasteiger partial charge in [-0.3, -0.25) is 14.5 Å². The van der Waals surface area contributed by atoms with Gasteiger partial charge in [-0.1, -0.05) is 46.4 Å². The summed E-state index contributed by atoms with van der Waals surface area (Å²) in [6.45, 7) is -0.0251. The standard InChI is InChI=1S/C11H5Cl4NO2/c12-3-5(13)4-16-9-7(15)2-1-6(14)8(9)10(17)11(16)18/h1-3H,4H2/b5-3+. The number of benzene rings is 1. The second-order valence-electron chi connectivity index (χ2n) is 3.53. The summed E-state index contributed by atoms with van der Waals surface area (Å²) in [6.07, 6.45) is 0. The van der Waals surface area contributed by atoms with Crippen LogP contribution in [-0.2, 0) is 4.79 Å². The van der Waals surface area contributed by atoms with Crippen LogP contribution in [0, 0.1) is 0 Å². The number of halogens is 4. The van der Waals surface area contributed by atoms with E-state index in [2.05, 4.69) is 0 Å². The number of hydrogen-bond acceptors (Lipinski definition) is 2. The Hall–Kier alpha value is -0.740. The normalized spacial score (nSPS) is 15.3. The van der Waals surface area contributed by atoms with Crippen molar-refractivity contribution in [2.45, 2.75) is 0 Å². The highest BCUT2D eigenvalue weighted by Gasteiger charge is 2.39. The Morgan fingerprint density at radius 3 is 2.44 bits per heavy atom. The molecule has 0 unspecified atom stereocenters. The van der Waals surface area contributed by atoms with E-state index < -0.39 is 11.7 Å². The quantitative estimate of drug-likeness (QED) is 0.775. The van der Waals surface area contributed by atoms with Crippen LogP contribution >= 0.6 is 46.4 Å². The molecule has 0 saturated heterocycles. The van der Waals surface area contributed by atoms with Gasteiger partial charge in [0, 0.05) is 10.6 Å². The van der Waals surface area contributed by atoms with Crippen LogP contribution in [0.4, 0.5) is 5.69 Å². The average Bonchev–Trinajstić information content (AvgIpc) is 2.60. The number of ketones is 1. The molecule has 1 aliphatic rings. The zero-order valence-electron chi connectivity index (χ0n) is 8.71. The molecule has 0 atom stereocenters. The maximum absolute atomic E-state index is 11.8. The summed E-state index contributed by atoms with van der Waals surface area (Å²) in [5.41, 5.74) is 1.50. The zero-order valence-corrected chi connectivity index (χ0v) is 11.7. The molecule has 1 heterocycles. The Labute approximate surface area is 123 Å². The largest absolute Gasteiger partial charge is 0.299 e. The fourth-order valence-corrected chi connectivity index (χ4v) is 2.37. The van der Waals surface area contributed by atoms with Gasteiger partial charge < -0.3 is 0 Å². The molecule has 94 valence electrons. The number of nitrogens with zero attached hydrogens (tertiary/aromatic N) is 1. The number of carbonyl (C=O) groups is 2. The summed E-state index contributed by atoms with van der Waals surface area (Å²) in [4.78, 5) is 24.8. The highest BCUT2D eigenvalue weighted by atomic mass is 35.5. The van der Waals surface area contributed by atoms with Gasteiger partial charge in [0.25, 0.3) is 11.7 Å². The smallest absolute Gasteiger partial charge is 0.298 e. The van der Waals surface area contributed by atoms with E-state index in [9.17, 15) is 9.59 Å². The van der Waals surface area contributed by atoms with Crippen LogP contribution in [0.3, 0.4) is 0 Å². The van der Waals surface area contributed by atoms with Crippen molar-refractivity contribution in [1.29, 1.82) is 0 Å². The lowest BCUT2D eigenvalue weighted by Gasteiger charge is -2.16. The Kier molecular flexibility index (Phi) is 3.87. The molecule has 18 heavy (non-hydrogen) atoms. The molecule has 3 nitrogen and oxygen atoms in total. The minimum atomic E-state index is -0.725. The summed E-state index contributed by atoms with van der Waals surface area (Å²) >= 11 is 23.1. The average molecular weight is 325 g/mol. The predicted octanol–water partition coefficient (Wildman–Crippen LogP) is 3.84. The zero-order chi connectivity index (χ0) is 13.4. The van der Waals surface area contributed by atoms with E-state index in [1.54, 1.807) is 0 Å². The summed E-state index contributed by atoms with van der Waals surface area (Å²) in [6, 6.07) is 2.98. The van der Waals surface area contributed by atoms with Crippen molar-refractivity contribution >= 4 is 63.8 Å². The van der Waals surface area contributed by atoms with Crippen LogP contribution in [0.1, 0.15) is 10.4 Å². The summed E-state index contributed by atoms with van der Waals surface area (Å²) in [5, 5.41) is 0.649. The van der Waals surface area contributed by atoms with Crippen LogP contribution in [0.2, 0.25) is 10.0 Å². The van der Waals surface area contributed by atoms with Crippen LogP contribution < -0.4 is 4.90 Å². The van der Waals surface area contributed by atoms with E-state index in [1.165, 1.54) is 12.1 Å². The van der Waals surface area contributed by atoms with E-state index in [4.69, 9.17) is 46.4 Å². The molecule has 0 aliphatic carbocycles. The Morgan fingerprint density at radius 2 is 1.83 bits per heavy atom. The van der Waals surface area contributed by atoms with Crippen molar-refractivity contribution in [2.24, 2.45) is 0 Å². The van der Waals surface area contributed by atoms with Crippen LogP contribution in [0.15, 0.2) is 22.7 Å². The third-order valence-electron chi connectivity index (χ3n) is 2.44. The van der Waals surface area contributed by atoms with Crippen molar-refractivity contribution in [3.05, 3.63) is 38.3 Å². The lowest BCUT2D eigenvalue weighted by molar-refractivity contribution is -0.114. The van der Waals surface area contributed by atoms with Gasteiger partial charge in [-0.2, -0.15) is 0 Å². The summed E-state index contributed by atoms with van der Waals surface area (Å²) in [7, 11) is 0. The van der Waals surface area contributed by atoms with Crippen molar-refractivity contribution in [3.63, 3.8) is 0 Å². The van der Waals surface area contributed by atoms with Gasteiger partial charge in [0.1, 0.15) is 0 Å². The first kappa shape index (κ1) is 13.7. The van der Waals surface area contributed by atoms with E-state index in [-0.39, 0.29) is 32.9 Å². The molecule has 1 aromatic carbocycles. The Bertz CT molecular complexity index is 583. The summed E-state index contributed by atoms with van der Waals surface area (Å²) < 4.78 is 0. The number of amides is 1. The first-order valence-electron chi connectivity index (χ1n) is 4.76. The van der Waals surface area contributed by atoms with Gasteiger partial charge in [0.05, 0.1) is 27.8 Å². The van der Waals surface area contributed by atoms with E-state index in [0.717, 1.165) is 10.4 Å². The molecule has 0 radical (unpaired) electrons. The molecule has 1 aromatic rings. The third kappa shape index (κ3) is 2.12. The van der Waals surface area contributed by atoms with Crippen LogP contribution in [0.5, 0.6) is 0 Å². The number of fused-ring (bicyclic) bond motifs is 1. The molecular formula is C11H5Cl4NO2. The van der Waals surface area contributed by atoms with Crippen molar-refractivity contribution < 1.29 is 9.59 Å². The second-order valence-corrected chi connectivity index (χ2v) is 5.05. The molecular weight excluding hydrogens is 320 g/mol. The summed E-state index contributed by atoms with van der Waals surface area (Å²) in [5.74, 6) is -1.42. The fraction of sp³-hybridized carbons (Fsp3) is 0.0909. The minimum absolute atomic E-state index is 0.0251. The highest BCUT2D eigenvalue weighted by molar-refractivity contribution is 6.57. The SMILES string of the molecule is O=C1C(=O)N(C/C(Cl)=C\Cl)c2c(Cl)ccc(Cl)c21. The van der Waals surface area contributed by atoms with E-state index >= 15 is 0 Å². The molecule has 0 bridgehead atoms. The number of anilines is 1. The molecule has 1 aliphatic heterocycles. The number of Topliss-reactive ketones (excluding diaryl/α,β-unsaturated/α-hetero) is 1. The van der Waals surface area contributed by atoms with Crippen LogP contribution in [0.25, 0.3) is 0 Å². The van der Waals surface area contributed by atoms with Gasteiger partial charge in [0.15, 0.2) is 0 Å². The fourth-order valence-electron chi connectivity index (χ4n) is 1.69. The Balaban J connectivity index is 2.58. The van der Waals surface area contributed by atoms with Gasteiger partial charge in [-0.15, -0.1) is 0 Å². The molecule has 0 N–H and O–H groups in total. The van der Waals surface area contributed by atoms with Gasteiger partial charge in [0.2, 0.25) is 0 Å². The molecule has 0 saturated carbocycles. The molecule has 0 spiro atoms. The number of rotatable bonds is 2. The van der Waals surface area contributed by atoms with Gasteiger partial charge in [-0.25, -0.2) is 0 Å². The maximum Gasteiger partial charge on any atom is 0.299 e. The molecule has 2 rings (SSSR count). The van der Waals surface area contributed by atoms with E-state index in [1.807, 2.05) is 0 Å². The predicted molar refractivity (Wildman–Crippen MR) is 72.9 cm³/mol. The first-order valence-corrected chi connectivity index (χ1v) is 6.33. The van der Waals surface area contributed by atoms with Crippen molar-refractivity contribution in [1.82, 2.24) is 0 Å². The van der Waals surface area contributed by atoms with Gasteiger partial charge in [-0.05, 0) is 12.1 Å². The monoisotopic (exact) mass is 323 g/mol. The molecule has 7 heteroatoms. The number of carbonyl (C=O) groups excluding carboxylic acids is 2. The second kappa shape index (κ2) is 5.10. The molecule has 0 aromatic heterocycles.